The van der Waals surface area contributed by atoms with Gasteiger partial charge in [-0.05, 0) is 139 Å². The number of hydrogen-bond acceptors (Lipinski definition) is 4. The molecule has 5 heteroatoms. The van der Waals surface area contributed by atoms with Crippen molar-refractivity contribution in [2.45, 2.75) is 0 Å². The maximum atomic E-state index is 2.57. The molecular weight excluding hydrogens is 1140 g/mol. The zero-order valence-electron chi connectivity index (χ0n) is 51.2. The van der Waals surface area contributed by atoms with Gasteiger partial charge in [-0.1, -0.05) is 291 Å². The minimum atomic E-state index is -3.58. The van der Waals surface area contributed by atoms with E-state index in [2.05, 4.69) is 408 Å². The molecule has 4 nitrogen and oxygen atoms in total. The molecule has 0 N–H and O–H groups in total. The van der Waals surface area contributed by atoms with Crippen molar-refractivity contribution >= 4 is 140 Å². The smallest absolute Gasteiger partial charge is 0.179 e. The lowest BCUT2D eigenvalue weighted by molar-refractivity contribution is 1.24. The molecule has 440 valence electrons. The van der Waals surface area contributed by atoms with Gasteiger partial charge in [-0.2, -0.15) is 0 Å². The Balaban J connectivity index is 1.06. The summed E-state index contributed by atoms with van der Waals surface area (Å²) in [4.78, 5) is 10.0. The normalized spacial score (nSPS) is 11.4. The maximum absolute atomic E-state index is 3.58. The number of anilines is 12. The Labute approximate surface area is 544 Å². The largest absolute Gasteiger partial charge is 0.308 e. The van der Waals surface area contributed by atoms with Crippen LogP contribution in [-0.2, 0) is 0 Å². The lowest BCUT2D eigenvalue weighted by Crippen LogP contribution is -2.74. The van der Waals surface area contributed by atoms with Gasteiger partial charge in [-0.25, -0.2) is 0 Å². The average Bonchev–Trinajstić information content (AvgIpc) is 0.727. The molecule has 0 aliphatic heterocycles. The molecule has 16 rings (SSSR count). The summed E-state index contributed by atoms with van der Waals surface area (Å²) in [6.07, 6.45) is 0. The number of benzene rings is 16. The van der Waals surface area contributed by atoms with Gasteiger partial charge in [-0.3, -0.25) is 0 Å². The van der Waals surface area contributed by atoms with Crippen molar-refractivity contribution in [1.29, 1.82) is 0 Å². The molecule has 0 heterocycles. The lowest BCUT2D eigenvalue weighted by Gasteiger charge is -2.39. The number of para-hydroxylation sites is 4. The highest BCUT2D eigenvalue weighted by Crippen LogP contribution is 2.51. The SMILES string of the molecule is c1ccc(N(c2ccc([Si](c3ccccc3)(c3ccccc3)c3ccc(N(c4ccccc4)c4cccc5ccccc45)c(N(c4ccccc4)c4cccc5ccccc45)c3)cc2N(c2ccccc2)c2cccc3ccccc23)c2cccc3ccccc23)cc1. The van der Waals surface area contributed by atoms with Gasteiger partial charge >= 0.3 is 0 Å². The van der Waals surface area contributed by atoms with Crippen molar-refractivity contribution in [2.24, 2.45) is 0 Å². The topological polar surface area (TPSA) is 13.0 Å². The van der Waals surface area contributed by atoms with Gasteiger partial charge in [0, 0.05) is 44.3 Å². The monoisotopic (exact) mass is 1200 g/mol. The first-order valence-electron chi connectivity index (χ1n) is 31.9. The molecule has 0 saturated carbocycles. The molecule has 0 amide bonds. The molecule has 0 aromatic heterocycles. The van der Waals surface area contributed by atoms with Crippen molar-refractivity contribution in [3.8, 4) is 0 Å². The molecule has 0 bridgehead atoms. The Morgan fingerprint density at radius 3 is 0.656 bits per heavy atom. The van der Waals surface area contributed by atoms with Crippen molar-refractivity contribution in [1.82, 2.24) is 0 Å². The fourth-order valence-corrected chi connectivity index (χ4v) is 18.9. The summed E-state index contributed by atoms with van der Waals surface area (Å²) in [5, 5.41) is 14.2. The van der Waals surface area contributed by atoms with Crippen molar-refractivity contribution in [3.63, 3.8) is 0 Å². The Bertz CT molecular complexity index is 4950. The third kappa shape index (κ3) is 10.2. The van der Waals surface area contributed by atoms with Crippen molar-refractivity contribution < 1.29 is 0 Å². The van der Waals surface area contributed by atoms with Crippen LogP contribution in [-0.4, -0.2) is 8.07 Å². The Morgan fingerprint density at radius 1 is 0.151 bits per heavy atom. The zero-order chi connectivity index (χ0) is 61.9. The standard InChI is InChI=1S/C88H64N4Si/c1-7-39-69(40-8-1)89(81-55-27-35-65-31-19-23-51-77(65)81)85-61-59-75(63-87(85)91(71-43-11-3-12-44-71)83-57-29-37-67-33-21-25-53-79(67)83)93(73-47-15-5-16-48-73,74-49-17-6-18-50-74)76-60-62-86(90(70-41-9-2-10-42-70)82-56-28-36-66-32-20-24-52-78(66)82)88(64-76)92(72-45-13-4-14-46-72)84-58-30-38-68-34-22-26-54-80(68)84/h1-64H. The van der Waals surface area contributed by atoms with Gasteiger partial charge in [0.15, 0.2) is 8.07 Å². The van der Waals surface area contributed by atoms with E-state index >= 15 is 0 Å². The highest BCUT2D eigenvalue weighted by atomic mass is 28.3. The van der Waals surface area contributed by atoms with Gasteiger partial charge in [0.2, 0.25) is 0 Å². The Hall–Kier alpha value is -12.0. The highest BCUT2D eigenvalue weighted by Gasteiger charge is 2.44. The van der Waals surface area contributed by atoms with Crippen LogP contribution in [0.15, 0.2) is 388 Å². The van der Waals surface area contributed by atoms with E-state index in [0.717, 1.165) is 101 Å². The van der Waals surface area contributed by atoms with Crippen LogP contribution in [0.25, 0.3) is 43.1 Å². The van der Waals surface area contributed by atoms with Gasteiger partial charge in [-0.15, -0.1) is 0 Å². The van der Waals surface area contributed by atoms with Crippen LogP contribution in [0.1, 0.15) is 0 Å². The molecule has 0 aliphatic carbocycles. The lowest BCUT2D eigenvalue weighted by atomic mass is 10.0. The predicted molar refractivity (Wildman–Crippen MR) is 399 cm³/mol. The summed E-state index contributed by atoms with van der Waals surface area (Å²) in [7, 11) is -3.58. The summed E-state index contributed by atoms with van der Waals surface area (Å²) in [6.45, 7) is 0. The molecule has 0 fully saturated rings. The Kier molecular flexibility index (Phi) is 15.0. The summed E-state index contributed by atoms with van der Waals surface area (Å²) >= 11 is 0. The van der Waals surface area contributed by atoms with E-state index in [4.69, 9.17) is 0 Å². The van der Waals surface area contributed by atoms with Crippen LogP contribution >= 0.6 is 0 Å². The van der Waals surface area contributed by atoms with E-state index in [1.54, 1.807) is 0 Å². The van der Waals surface area contributed by atoms with Gasteiger partial charge in [0.25, 0.3) is 0 Å². The Morgan fingerprint density at radius 2 is 0.376 bits per heavy atom. The number of nitrogens with zero attached hydrogens (tertiary/aromatic N) is 4. The van der Waals surface area contributed by atoms with Crippen LogP contribution in [0.4, 0.5) is 68.2 Å². The van der Waals surface area contributed by atoms with Crippen molar-refractivity contribution in [2.75, 3.05) is 19.6 Å². The number of hydrogen-bond donors (Lipinski definition) is 0. The van der Waals surface area contributed by atoms with Crippen LogP contribution in [0.5, 0.6) is 0 Å². The second-order valence-electron chi connectivity index (χ2n) is 23.6. The first kappa shape index (κ1) is 56.2. The van der Waals surface area contributed by atoms with Gasteiger partial charge in [0.05, 0.1) is 45.5 Å². The summed E-state index contributed by atoms with van der Waals surface area (Å²) in [6, 6.07) is 143. The molecule has 0 aliphatic rings. The van der Waals surface area contributed by atoms with Crippen LogP contribution in [0, 0.1) is 0 Å². The summed E-state index contributed by atoms with van der Waals surface area (Å²) < 4.78 is 0. The van der Waals surface area contributed by atoms with Crippen LogP contribution in [0.3, 0.4) is 0 Å². The zero-order valence-corrected chi connectivity index (χ0v) is 52.2. The second kappa shape index (κ2) is 24.7. The fourth-order valence-electron chi connectivity index (χ4n) is 14.2. The molecule has 0 radical (unpaired) electrons. The van der Waals surface area contributed by atoms with Crippen molar-refractivity contribution in [3.05, 3.63) is 388 Å². The fraction of sp³-hybridized carbons (Fsp3) is 0. The molecule has 0 unspecified atom stereocenters. The van der Waals surface area contributed by atoms with E-state index < -0.39 is 8.07 Å². The third-order valence-corrected chi connectivity index (χ3v) is 23.0. The molecule has 0 saturated heterocycles. The molecule has 93 heavy (non-hydrogen) atoms. The first-order valence-corrected chi connectivity index (χ1v) is 33.9. The van der Waals surface area contributed by atoms with E-state index in [9.17, 15) is 0 Å². The minimum Gasteiger partial charge on any atom is -0.308 e. The van der Waals surface area contributed by atoms with E-state index in [0.29, 0.717) is 0 Å². The predicted octanol–water partition coefficient (Wildman–Crippen LogP) is 21.6. The number of fused-ring (bicyclic) bond motifs is 4. The van der Waals surface area contributed by atoms with Gasteiger partial charge in [0.1, 0.15) is 0 Å². The first-order chi connectivity index (χ1) is 46.2. The molecule has 16 aromatic rings. The van der Waals surface area contributed by atoms with E-state index in [-0.39, 0.29) is 0 Å². The van der Waals surface area contributed by atoms with Crippen LogP contribution < -0.4 is 40.3 Å². The van der Waals surface area contributed by atoms with Gasteiger partial charge < -0.3 is 19.6 Å². The third-order valence-electron chi connectivity index (χ3n) is 18.3. The molecular formula is C88H64N4Si. The molecule has 0 spiro atoms. The van der Waals surface area contributed by atoms with E-state index in [1.807, 2.05) is 0 Å². The molecule has 16 aromatic carbocycles. The maximum Gasteiger partial charge on any atom is 0.179 e. The summed E-state index contributed by atoms with van der Waals surface area (Å²) in [5.74, 6) is 0. The minimum absolute atomic E-state index is 1.03. The van der Waals surface area contributed by atoms with Crippen LogP contribution in [0.2, 0.25) is 0 Å². The average molecular weight is 1210 g/mol. The number of rotatable bonds is 16. The molecule has 0 atom stereocenters. The second-order valence-corrected chi connectivity index (χ2v) is 27.4. The van der Waals surface area contributed by atoms with E-state index in [1.165, 1.54) is 31.5 Å². The highest BCUT2D eigenvalue weighted by molar-refractivity contribution is 7.20. The quantitative estimate of drug-likeness (QED) is 0.0706. The summed E-state index contributed by atoms with van der Waals surface area (Å²) in [5.41, 5.74) is 12.6.